The highest BCUT2D eigenvalue weighted by Gasteiger charge is 2.30. The molecule has 1 atom stereocenters. The average molecular weight is 510 g/mol. The van der Waals surface area contributed by atoms with Crippen LogP contribution in [0.5, 0.6) is 5.75 Å². The van der Waals surface area contributed by atoms with Crippen molar-refractivity contribution < 1.29 is 23.8 Å². The molecule has 1 aromatic heterocycles. The molecule has 37 heavy (non-hydrogen) atoms. The van der Waals surface area contributed by atoms with E-state index in [9.17, 15) is 14.4 Å². The number of rotatable bonds is 12. The fourth-order valence-electron chi connectivity index (χ4n) is 4.14. The first kappa shape index (κ1) is 26.1. The molecule has 0 radical (unpaired) electrons. The molecule has 1 fully saturated rings. The number of anilines is 2. The van der Waals surface area contributed by atoms with Gasteiger partial charge in [-0.3, -0.25) is 19.7 Å². The van der Waals surface area contributed by atoms with E-state index in [-0.39, 0.29) is 24.3 Å². The molecule has 2 heterocycles. The predicted octanol–water partition coefficient (Wildman–Crippen LogP) is 1.79. The molecule has 4 rings (SSSR count). The summed E-state index contributed by atoms with van der Waals surface area (Å²) in [5.74, 6) is -0.151. The highest BCUT2D eigenvalue weighted by Crippen LogP contribution is 2.24. The maximum Gasteiger partial charge on any atom is 0.277 e. The van der Waals surface area contributed by atoms with Crippen LogP contribution >= 0.6 is 0 Å². The van der Waals surface area contributed by atoms with Gasteiger partial charge in [0.1, 0.15) is 18.4 Å². The Bertz CT molecular complexity index is 1320. The van der Waals surface area contributed by atoms with E-state index >= 15 is 0 Å². The Kier molecular flexibility index (Phi) is 8.70. The lowest BCUT2D eigenvalue weighted by Crippen LogP contribution is -2.45. The Hall–Kier alpha value is -3.96. The van der Waals surface area contributed by atoms with Crippen LogP contribution in [0.2, 0.25) is 0 Å². The molecule has 3 aromatic rings. The van der Waals surface area contributed by atoms with Crippen LogP contribution < -0.4 is 26.7 Å². The largest absolute Gasteiger partial charge is 0.491 e. The molecule has 0 bridgehead atoms. The Morgan fingerprint density at radius 1 is 1.05 bits per heavy atom. The van der Waals surface area contributed by atoms with Crippen molar-refractivity contribution >= 4 is 34.0 Å². The third kappa shape index (κ3) is 6.63. The van der Waals surface area contributed by atoms with E-state index < -0.39 is 11.9 Å². The van der Waals surface area contributed by atoms with Crippen LogP contribution in [0.15, 0.2) is 47.3 Å². The van der Waals surface area contributed by atoms with Gasteiger partial charge in [0.2, 0.25) is 5.91 Å². The number of amides is 2. The summed E-state index contributed by atoms with van der Waals surface area (Å²) < 4.78 is 17.9. The van der Waals surface area contributed by atoms with Crippen LogP contribution in [0, 0.1) is 6.92 Å². The fraction of sp³-hybridized carbons (Fsp3) is 0.385. The number of ether oxygens (including phenoxy) is 3. The average Bonchev–Trinajstić information content (AvgIpc) is 2.87. The number of hydrogen-bond donors (Lipinski definition) is 3. The van der Waals surface area contributed by atoms with E-state index in [2.05, 4.69) is 15.7 Å². The predicted molar refractivity (Wildman–Crippen MR) is 139 cm³/mol. The van der Waals surface area contributed by atoms with Crippen LogP contribution in [0.1, 0.15) is 24.6 Å². The SMILES string of the molecule is Cc1nn(C2CCC(=O)NC2=O)c(=O)c2c(NCCOCCOCCOc3cccc(N)c3)cccc12. The number of carbonyl (C=O) groups is 2. The molecule has 196 valence electrons. The van der Waals surface area contributed by atoms with Gasteiger partial charge in [0.05, 0.1) is 37.5 Å². The molecule has 1 aliphatic rings. The van der Waals surface area contributed by atoms with Gasteiger partial charge in [-0.2, -0.15) is 5.10 Å². The molecular formula is C26H31N5O6. The molecule has 1 saturated heterocycles. The lowest BCUT2D eigenvalue weighted by atomic mass is 10.1. The van der Waals surface area contributed by atoms with Crippen molar-refractivity contribution in [1.29, 1.82) is 0 Å². The number of nitrogens with one attached hydrogen (secondary N) is 2. The summed E-state index contributed by atoms with van der Waals surface area (Å²) in [5, 5.41) is 11.0. The van der Waals surface area contributed by atoms with E-state index in [1.54, 1.807) is 25.1 Å². The Labute approximate surface area is 213 Å². The van der Waals surface area contributed by atoms with E-state index in [1.165, 1.54) is 4.68 Å². The molecule has 0 spiro atoms. The van der Waals surface area contributed by atoms with Gasteiger partial charge in [0, 0.05) is 35.8 Å². The zero-order chi connectivity index (χ0) is 26.2. The molecule has 2 amide bonds. The zero-order valence-corrected chi connectivity index (χ0v) is 20.7. The minimum atomic E-state index is -0.819. The van der Waals surface area contributed by atoms with Crippen molar-refractivity contribution in [2.24, 2.45) is 0 Å². The Balaban J connectivity index is 1.25. The zero-order valence-electron chi connectivity index (χ0n) is 20.7. The second-order valence-corrected chi connectivity index (χ2v) is 8.60. The van der Waals surface area contributed by atoms with Gasteiger partial charge in [-0.1, -0.05) is 18.2 Å². The smallest absolute Gasteiger partial charge is 0.277 e. The molecule has 11 nitrogen and oxygen atoms in total. The maximum absolute atomic E-state index is 13.3. The molecular weight excluding hydrogens is 478 g/mol. The van der Waals surface area contributed by atoms with Gasteiger partial charge in [0.15, 0.2) is 0 Å². The number of nitrogens with two attached hydrogens (primary N) is 1. The quantitative estimate of drug-likeness (QED) is 0.189. The summed E-state index contributed by atoms with van der Waals surface area (Å²) in [6.07, 6.45) is 0.402. The van der Waals surface area contributed by atoms with Crippen molar-refractivity contribution in [3.05, 3.63) is 58.5 Å². The number of carbonyl (C=O) groups excluding carboxylic acids is 2. The second kappa shape index (κ2) is 12.3. The lowest BCUT2D eigenvalue weighted by Gasteiger charge is -2.23. The number of nitrogen functional groups attached to an aromatic ring is 1. The van der Waals surface area contributed by atoms with E-state index in [1.807, 2.05) is 24.3 Å². The first-order valence-corrected chi connectivity index (χ1v) is 12.2. The number of aromatic nitrogens is 2. The Morgan fingerprint density at radius 2 is 1.81 bits per heavy atom. The minimum absolute atomic E-state index is 0.164. The van der Waals surface area contributed by atoms with Crippen LogP contribution in [-0.4, -0.2) is 61.2 Å². The first-order chi connectivity index (χ1) is 17.9. The molecule has 2 aromatic carbocycles. The number of nitrogens with zero attached hydrogens (tertiary/aromatic N) is 2. The molecule has 11 heteroatoms. The Morgan fingerprint density at radius 3 is 2.59 bits per heavy atom. The van der Waals surface area contributed by atoms with Crippen LogP contribution in [0.25, 0.3) is 10.8 Å². The number of hydrogen-bond acceptors (Lipinski definition) is 9. The van der Waals surface area contributed by atoms with Crippen molar-refractivity contribution in [2.75, 3.05) is 50.6 Å². The molecule has 0 saturated carbocycles. The third-order valence-corrected chi connectivity index (χ3v) is 5.93. The summed E-state index contributed by atoms with van der Waals surface area (Å²) in [4.78, 5) is 37.2. The third-order valence-electron chi connectivity index (χ3n) is 5.93. The highest BCUT2D eigenvalue weighted by molar-refractivity contribution is 6.00. The van der Waals surface area contributed by atoms with Crippen LogP contribution in [-0.2, 0) is 19.1 Å². The van der Waals surface area contributed by atoms with Crippen molar-refractivity contribution in [2.45, 2.75) is 25.8 Å². The number of benzene rings is 2. The number of fused-ring (bicyclic) bond motifs is 1. The summed E-state index contributed by atoms with van der Waals surface area (Å²) in [6.45, 7) is 4.35. The second-order valence-electron chi connectivity index (χ2n) is 8.60. The van der Waals surface area contributed by atoms with Gasteiger partial charge >= 0.3 is 0 Å². The summed E-state index contributed by atoms with van der Waals surface area (Å²) >= 11 is 0. The fourth-order valence-corrected chi connectivity index (χ4v) is 4.14. The van der Waals surface area contributed by atoms with Crippen molar-refractivity contribution in [1.82, 2.24) is 15.1 Å². The van der Waals surface area contributed by atoms with Gasteiger partial charge < -0.3 is 25.3 Å². The van der Waals surface area contributed by atoms with E-state index in [0.29, 0.717) is 73.2 Å². The van der Waals surface area contributed by atoms with Gasteiger partial charge in [0.25, 0.3) is 11.5 Å². The molecule has 1 aliphatic heterocycles. The standard InChI is InChI=1S/C26H31N5O6/c1-17-20-6-3-7-21(24(20)26(34)31(30-17)22-8-9-23(32)29-25(22)33)28-10-11-35-12-13-36-14-15-37-19-5-2-4-18(27)16-19/h2-7,16,22,28H,8-15,27H2,1H3,(H,29,32,33). The van der Waals surface area contributed by atoms with Gasteiger partial charge in [-0.15, -0.1) is 0 Å². The minimum Gasteiger partial charge on any atom is -0.491 e. The number of imide groups is 1. The van der Waals surface area contributed by atoms with E-state index in [0.717, 1.165) is 0 Å². The van der Waals surface area contributed by atoms with Crippen molar-refractivity contribution in [3.63, 3.8) is 0 Å². The topological polar surface area (TPSA) is 147 Å². The summed E-state index contributed by atoms with van der Waals surface area (Å²) in [5.41, 5.74) is 7.24. The number of aryl methyl sites for hydroxylation is 1. The summed E-state index contributed by atoms with van der Waals surface area (Å²) in [6, 6.07) is 11.9. The molecule has 0 aliphatic carbocycles. The van der Waals surface area contributed by atoms with Crippen LogP contribution in [0.3, 0.4) is 0 Å². The number of piperidine rings is 1. The normalized spacial score (nSPS) is 15.5. The lowest BCUT2D eigenvalue weighted by molar-refractivity contribution is -0.136. The van der Waals surface area contributed by atoms with Crippen molar-refractivity contribution in [3.8, 4) is 5.75 Å². The van der Waals surface area contributed by atoms with Gasteiger partial charge in [-0.05, 0) is 31.5 Å². The monoisotopic (exact) mass is 509 g/mol. The highest BCUT2D eigenvalue weighted by atomic mass is 16.5. The molecule has 4 N–H and O–H groups in total. The first-order valence-electron chi connectivity index (χ1n) is 12.2. The maximum atomic E-state index is 13.3. The summed E-state index contributed by atoms with van der Waals surface area (Å²) in [7, 11) is 0. The van der Waals surface area contributed by atoms with E-state index in [4.69, 9.17) is 19.9 Å². The molecule has 1 unspecified atom stereocenters. The van der Waals surface area contributed by atoms with Gasteiger partial charge in [-0.25, -0.2) is 4.68 Å². The van der Waals surface area contributed by atoms with Crippen LogP contribution in [0.4, 0.5) is 11.4 Å².